The molecule has 7 heteroatoms. The Balaban J connectivity index is 1.18. The molecule has 224 valence electrons. The van der Waals surface area contributed by atoms with Gasteiger partial charge in [0.25, 0.3) is 0 Å². The monoisotopic (exact) mass is 628 g/mol. The molecule has 0 aliphatic rings. The van der Waals surface area contributed by atoms with Crippen molar-refractivity contribution >= 4 is 58.5 Å². The van der Waals surface area contributed by atoms with Crippen molar-refractivity contribution in [2.45, 2.75) is 72.0 Å². The van der Waals surface area contributed by atoms with Gasteiger partial charge in [-0.05, 0) is 109 Å². The minimum absolute atomic E-state index is 0.00841. The van der Waals surface area contributed by atoms with Crippen molar-refractivity contribution in [3.63, 3.8) is 0 Å². The van der Waals surface area contributed by atoms with E-state index in [9.17, 15) is 9.59 Å². The van der Waals surface area contributed by atoms with Gasteiger partial charge >= 0.3 is 0 Å². The summed E-state index contributed by atoms with van der Waals surface area (Å²) in [6.07, 6.45) is 2.20. The number of anilines is 2. The van der Waals surface area contributed by atoms with Crippen molar-refractivity contribution in [2.75, 3.05) is 22.1 Å². The molecule has 4 rings (SSSR count). The Labute approximate surface area is 269 Å². The number of benzene rings is 4. The summed E-state index contributed by atoms with van der Waals surface area (Å²) in [6, 6.07) is 32.8. The second-order valence-corrected chi connectivity index (χ2v) is 13.8. The summed E-state index contributed by atoms with van der Waals surface area (Å²) in [5, 5.41) is 5.98. The fraction of sp³-hybridized carbons (Fsp3) is 0.278. The van der Waals surface area contributed by atoms with E-state index in [2.05, 4.69) is 111 Å². The Morgan fingerprint density at radius 2 is 0.860 bits per heavy atom. The SMILES string of the molecule is CC[C@@H](C)c1ccc(NC(=O)CSc2ccc(Sc3ccc(SCC(=O)Nc4ccc([C@H](C)CC)cc4)cc3)cc2)cc1. The topological polar surface area (TPSA) is 58.2 Å². The summed E-state index contributed by atoms with van der Waals surface area (Å²) in [4.78, 5) is 29.3. The number of hydrogen-bond acceptors (Lipinski definition) is 5. The minimum atomic E-state index is -0.00841. The number of carbonyl (C=O) groups is 2. The lowest BCUT2D eigenvalue weighted by Gasteiger charge is -2.11. The van der Waals surface area contributed by atoms with Crippen molar-refractivity contribution in [1.82, 2.24) is 0 Å². The molecule has 4 nitrogen and oxygen atoms in total. The fourth-order valence-electron chi connectivity index (χ4n) is 4.30. The molecule has 2 atom stereocenters. The van der Waals surface area contributed by atoms with Crippen LogP contribution in [-0.2, 0) is 9.59 Å². The predicted molar refractivity (Wildman–Crippen MR) is 186 cm³/mol. The summed E-state index contributed by atoms with van der Waals surface area (Å²) in [5.74, 6) is 1.75. The molecule has 0 unspecified atom stereocenters. The van der Waals surface area contributed by atoms with Crippen LogP contribution in [0.1, 0.15) is 63.5 Å². The third-order valence-corrected chi connectivity index (χ3v) is 10.4. The summed E-state index contributed by atoms with van der Waals surface area (Å²) in [5.41, 5.74) is 4.25. The maximum Gasteiger partial charge on any atom is 0.234 e. The van der Waals surface area contributed by atoms with E-state index in [1.54, 1.807) is 11.8 Å². The van der Waals surface area contributed by atoms with Crippen LogP contribution in [0.2, 0.25) is 0 Å². The normalized spacial score (nSPS) is 12.4. The van der Waals surface area contributed by atoms with Crippen LogP contribution in [0.15, 0.2) is 117 Å². The van der Waals surface area contributed by atoms with Crippen LogP contribution in [0.3, 0.4) is 0 Å². The Kier molecular flexibility index (Phi) is 12.7. The second kappa shape index (κ2) is 16.6. The highest BCUT2D eigenvalue weighted by molar-refractivity contribution is 8.00. The van der Waals surface area contributed by atoms with E-state index in [-0.39, 0.29) is 11.8 Å². The van der Waals surface area contributed by atoms with Crippen LogP contribution in [0.25, 0.3) is 0 Å². The standard InChI is InChI=1S/C36H40N2O2S3/c1-5-25(3)27-7-11-29(12-8-27)37-35(39)23-41-31-15-19-33(20-16-31)43-34-21-17-32(18-22-34)42-24-36(40)38-30-13-9-28(10-14-30)26(4)6-2/h7-22,25-26H,5-6,23-24H2,1-4H3,(H,37,39)(H,38,40)/t25-,26-/m1/s1. The molecule has 0 saturated heterocycles. The van der Waals surface area contributed by atoms with Gasteiger partial charge in [-0.15, -0.1) is 23.5 Å². The molecular formula is C36H40N2O2S3. The molecule has 0 heterocycles. The third-order valence-electron chi connectivity index (χ3n) is 7.37. The van der Waals surface area contributed by atoms with Gasteiger partial charge in [0, 0.05) is 31.0 Å². The van der Waals surface area contributed by atoms with E-state index in [1.807, 2.05) is 24.3 Å². The van der Waals surface area contributed by atoms with Gasteiger partial charge in [0.2, 0.25) is 11.8 Å². The zero-order chi connectivity index (χ0) is 30.6. The molecule has 2 amide bonds. The summed E-state index contributed by atoms with van der Waals surface area (Å²) in [6.45, 7) is 8.78. The minimum Gasteiger partial charge on any atom is -0.325 e. The van der Waals surface area contributed by atoms with Gasteiger partial charge in [0.05, 0.1) is 11.5 Å². The number of nitrogens with one attached hydrogen (secondary N) is 2. The third kappa shape index (κ3) is 10.5. The molecule has 43 heavy (non-hydrogen) atoms. The van der Waals surface area contributed by atoms with Crippen molar-refractivity contribution in [1.29, 1.82) is 0 Å². The maximum atomic E-state index is 12.4. The van der Waals surface area contributed by atoms with Crippen LogP contribution >= 0.6 is 35.3 Å². The molecule has 2 N–H and O–H groups in total. The first-order valence-electron chi connectivity index (χ1n) is 14.8. The van der Waals surface area contributed by atoms with Crippen LogP contribution < -0.4 is 10.6 Å². The van der Waals surface area contributed by atoms with Gasteiger partial charge in [-0.25, -0.2) is 0 Å². The number of carbonyl (C=O) groups excluding carboxylic acids is 2. The molecule has 0 saturated carbocycles. The fourth-order valence-corrected chi connectivity index (χ4v) is 6.51. The molecule has 0 spiro atoms. The highest BCUT2D eigenvalue weighted by atomic mass is 32.2. The summed E-state index contributed by atoms with van der Waals surface area (Å²) < 4.78 is 0. The molecule has 0 aliphatic heterocycles. The Morgan fingerprint density at radius 1 is 0.535 bits per heavy atom. The Morgan fingerprint density at radius 3 is 1.19 bits per heavy atom. The second-order valence-electron chi connectivity index (χ2n) is 10.6. The summed E-state index contributed by atoms with van der Waals surface area (Å²) >= 11 is 4.75. The van der Waals surface area contributed by atoms with Gasteiger partial charge in [-0.1, -0.05) is 63.7 Å². The number of hydrogen-bond donors (Lipinski definition) is 2. The lowest BCUT2D eigenvalue weighted by atomic mass is 9.99. The molecule has 0 fully saturated rings. The van der Waals surface area contributed by atoms with Gasteiger partial charge in [0.15, 0.2) is 0 Å². The van der Waals surface area contributed by atoms with E-state index in [4.69, 9.17) is 0 Å². The van der Waals surface area contributed by atoms with Crippen LogP contribution in [-0.4, -0.2) is 23.3 Å². The summed E-state index contributed by atoms with van der Waals surface area (Å²) in [7, 11) is 0. The molecule has 0 radical (unpaired) electrons. The van der Waals surface area contributed by atoms with Crippen molar-refractivity contribution in [2.24, 2.45) is 0 Å². The molecule has 0 bridgehead atoms. The first-order valence-corrected chi connectivity index (χ1v) is 17.5. The van der Waals surface area contributed by atoms with E-state index in [0.29, 0.717) is 23.3 Å². The van der Waals surface area contributed by atoms with Gasteiger partial charge < -0.3 is 10.6 Å². The van der Waals surface area contributed by atoms with E-state index >= 15 is 0 Å². The lowest BCUT2D eigenvalue weighted by molar-refractivity contribution is -0.114. The van der Waals surface area contributed by atoms with E-state index in [0.717, 1.165) is 43.8 Å². The zero-order valence-electron chi connectivity index (χ0n) is 25.3. The zero-order valence-corrected chi connectivity index (χ0v) is 27.7. The van der Waals surface area contributed by atoms with E-state index in [1.165, 1.54) is 34.7 Å². The molecule has 4 aromatic carbocycles. The van der Waals surface area contributed by atoms with Crippen LogP contribution in [0.5, 0.6) is 0 Å². The largest absolute Gasteiger partial charge is 0.325 e. The van der Waals surface area contributed by atoms with E-state index < -0.39 is 0 Å². The van der Waals surface area contributed by atoms with Gasteiger partial charge in [-0.2, -0.15) is 0 Å². The highest BCUT2D eigenvalue weighted by Gasteiger charge is 2.08. The van der Waals surface area contributed by atoms with Crippen molar-refractivity contribution in [3.05, 3.63) is 108 Å². The average Bonchev–Trinajstić information content (AvgIpc) is 3.04. The molecular weight excluding hydrogens is 589 g/mol. The van der Waals surface area contributed by atoms with Crippen molar-refractivity contribution < 1.29 is 9.59 Å². The molecule has 0 aliphatic carbocycles. The Hall–Kier alpha value is -3.13. The van der Waals surface area contributed by atoms with Crippen LogP contribution in [0, 0.1) is 0 Å². The van der Waals surface area contributed by atoms with Crippen molar-refractivity contribution in [3.8, 4) is 0 Å². The number of thioether (sulfide) groups is 2. The predicted octanol–water partition coefficient (Wildman–Crippen LogP) is 10.3. The Bertz CT molecular complexity index is 1340. The van der Waals surface area contributed by atoms with Gasteiger partial charge in [0.1, 0.15) is 0 Å². The first kappa shape index (κ1) is 32.8. The number of rotatable bonds is 14. The smallest absolute Gasteiger partial charge is 0.234 e. The first-order chi connectivity index (χ1) is 20.8. The maximum absolute atomic E-state index is 12.4. The van der Waals surface area contributed by atoms with Gasteiger partial charge in [-0.3, -0.25) is 9.59 Å². The quantitative estimate of drug-likeness (QED) is 0.136. The average molecular weight is 629 g/mol. The lowest BCUT2D eigenvalue weighted by Crippen LogP contribution is -2.13. The highest BCUT2D eigenvalue weighted by Crippen LogP contribution is 2.31. The van der Waals surface area contributed by atoms with Crippen LogP contribution in [0.4, 0.5) is 11.4 Å². The molecule has 4 aromatic rings. The number of amides is 2. The molecule has 0 aromatic heterocycles.